The van der Waals surface area contributed by atoms with Crippen LogP contribution in [0.4, 0.5) is 0 Å². The van der Waals surface area contributed by atoms with E-state index in [0.717, 1.165) is 16.9 Å². The average molecular weight is 367 g/mol. The van der Waals surface area contributed by atoms with Crippen LogP contribution in [0, 0.1) is 0 Å². The van der Waals surface area contributed by atoms with Crippen LogP contribution in [0.25, 0.3) is 0 Å². The summed E-state index contributed by atoms with van der Waals surface area (Å²) in [6.45, 7) is 4.26. The van der Waals surface area contributed by atoms with Crippen molar-refractivity contribution in [3.05, 3.63) is 59.3 Å². The minimum Gasteiger partial charge on any atom is -0.477 e. The molecule has 0 bridgehead atoms. The van der Waals surface area contributed by atoms with Gasteiger partial charge in [-0.25, -0.2) is 4.98 Å². The lowest BCUT2D eigenvalue weighted by Crippen LogP contribution is -2.47. The van der Waals surface area contributed by atoms with E-state index < -0.39 is 23.8 Å². The quantitative estimate of drug-likeness (QED) is 0.758. The number of carbonyl (C=O) groups excluding carboxylic acids is 3. The Balaban J connectivity index is 1.68. The van der Waals surface area contributed by atoms with Crippen LogP contribution in [-0.2, 0) is 11.3 Å². The van der Waals surface area contributed by atoms with Gasteiger partial charge in [0.05, 0.1) is 17.7 Å². The van der Waals surface area contributed by atoms with Crippen LogP contribution in [-0.4, -0.2) is 40.3 Å². The summed E-state index contributed by atoms with van der Waals surface area (Å²) in [6.07, 6.45) is 2.47. The zero-order chi connectivity index (χ0) is 19.4. The van der Waals surface area contributed by atoms with E-state index in [1.54, 1.807) is 36.5 Å². The summed E-state index contributed by atoms with van der Waals surface area (Å²) < 4.78 is 5.57. The first-order valence-corrected chi connectivity index (χ1v) is 8.86. The first-order chi connectivity index (χ1) is 13.0. The Bertz CT molecular complexity index is 846. The normalized spacial score (nSPS) is 14.1. The van der Waals surface area contributed by atoms with Gasteiger partial charge in [0.1, 0.15) is 6.04 Å². The molecular formula is C20H21N3O4. The first kappa shape index (κ1) is 18.6. The standard InChI is InChI=1S/C20H21N3O4/c1-3-11-27-18-14(7-6-10-21-18)12-22-17(24)13(2)23-19(25)15-8-4-5-9-16(15)20(23)26/h4-10,13H,3,11-12H2,1-2H3,(H,22,24). The summed E-state index contributed by atoms with van der Waals surface area (Å²) in [7, 11) is 0. The maximum atomic E-state index is 12.6. The minimum atomic E-state index is -0.922. The van der Waals surface area contributed by atoms with Crippen molar-refractivity contribution >= 4 is 17.7 Å². The third-order valence-corrected chi connectivity index (χ3v) is 4.34. The molecule has 1 aliphatic rings. The van der Waals surface area contributed by atoms with Gasteiger partial charge in [-0.15, -0.1) is 0 Å². The summed E-state index contributed by atoms with van der Waals surface area (Å²) in [5, 5.41) is 2.76. The van der Waals surface area contributed by atoms with Crippen LogP contribution in [0.5, 0.6) is 5.88 Å². The van der Waals surface area contributed by atoms with Crippen LogP contribution in [0.15, 0.2) is 42.6 Å². The van der Waals surface area contributed by atoms with E-state index in [9.17, 15) is 14.4 Å². The van der Waals surface area contributed by atoms with Gasteiger partial charge in [-0.05, 0) is 31.5 Å². The highest BCUT2D eigenvalue weighted by Gasteiger charge is 2.40. The molecule has 27 heavy (non-hydrogen) atoms. The maximum Gasteiger partial charge on any atom is 0.262 e. The van der Waals surface area contributed by atoms with E-state index in [0.29, 0.717) is 23.6 Å². The molecule has 1 aromatic heterocycles. The predicted octanol–water partition coefficient (Wildman–Crippen LogP) is 2.17. The molecule has 7 nitrogen and oxygen atoms in total. The van der Waals surface area contributed by atoms with Crippen LogP contribution in [0.3, 0.4) is 0 Å². The molecule has 1 unspecified atom stereocenters. The Morgan fingerprint density at radius 3 is 2.44 bits per heavy atom. The van der Waals surface area contributed by atoms with Gasteiger partial charge in [-0.1, -0.05) is 25.1 Å². The Morgan fingerprint density at radius 1 is 1.15 bits per heavy atom. The smallest absolute Gasteiger partial charge is 0.262 e. The third-order valence-electron chi connectivity index (χ3n) is 4.34. The SMILES string of the molecule is CCCOc1ncccc1CNC(=O)C(C)N1C(=O)c2ccccc2C1=O. The zero-order valence-electron chi connectivity index (χ0n) is 15.3. The molecule has 0 aliphatic carbocycles. The van der Waals surface area contributed by atoms with Crippen molar-refractivity contribution in [3.63, 3.8) is 0 Å². The van der Waals surface area contributed by atoms with Gasteiger partial charge in [0.25, 0.3) is 11.8 Å². The minimum absolute atomic E-state index is 0.194. The molecule has 3 rings (SSSR count). The molecule has 1 atom stereocenters. The Hall–Kier alpha value is -3.22. The molecule has 1 N–H and O–H groups in total. The number of amides is 3. The number of hydrogen-bond donors (Lipinski definition) is 1. The Morgan fingerprint density at radius 2 is 1.81 bits per heavy atom. The number of rotatable bonds is 7. The summed E-state index contributed by atoms with van der Waals surface area (Å²) >= 11 is 0. The number of nitrogens with zero attached hydrogens (tertiary/aromatic N) is 2. The van der Waals surface area contributed by atoms with Crippen LogP contribution >= 0.6 is 0 Å². The Labute approximate surface area is 157 Å². The van der Waals surface area contributed by atoms with Crippen LogP contribution < -0.4 is 10.1 Å². The van der Waals surface area contributed by atoms with E-state index in [1.807, 2.05) is 13.0 Å². The predicted molar refractivity (Wildman–Crippen MR) is 98.3 cm³/mol. The van der Waals surface area contributed by atoms with E-state index in [1.165, 1.54) is 6.92 Å². The van der Waals surface area contributed by atoms with Crippen molar-refractivity contribution in [2.24, 2.45) is 0 Å². The number of aromatic nitrogens is 1. The highest BCUT2D eigenvalue weighted by atomic mass is 16.5. The van der Waals surface area contributed by atoms with Crippen molar-refractivity contribution in [3.8, 4) is 5.88 Å². The number of imide groups is 1. The number of fused-ring (bicyclic) bond motifs is 1. The van der Waals surface area contributed by atoms with Gasteiger partial charge in [-0.3, -0.25) is 19.3 Å². The average Bonchev–Trinajstić information content (AvgIpc) is 2.95. The van der Waals surface area contributed by atoms with Gasteiger partial charge in [0.2, 0.25) is 11.8 Å². The highest BCUT2D eigenvalue weighted by Crippen LogP contribution is 2.24. The van der Waals surface area contributed by atoms with Crippen LogP contribution in [0.1, 0.15) is 46.5 Å². The number of carbonyl (C=O) groups is 3. The second kappa shape index (κ2) is 7.99. The number of pyridine rings is 1. The molecule has 2 heterocycles. The molecule has 3 amide bonds. The summed E-state index contributed by atoms with van der Waals surface area (Å²) in [4.78, 5) is 42.7. The highest BCUT2D eigenvalue weighted by molar-refractivity contribution is 6.22. The molecule has 0 saturated heterocycles. The largest absolute Gasteiger partial charge is 0.477 e. The lowest BCUT2D eigenvalue weighted by Gasteiger charge is -2.22. The fourth-order valence-corrected chi connectivity index (χ4v) is 2.89. The molecule has 0 saturated carbocycles. The van der Waals surface area contributed by atoms with Crippen molar-refractivity contribution < 1.29 is 19.1 Å². The van der Waals surface area contributed by atoms with Gasteiger partial charge in [0.15, 0.2) is 0 Å². The Kier molecular flexibility index (Phi) is 5.49. The maximum absolute atomic E-state index is 12.6. The second-order valence-corrected chi connectivity index (χ2v) is 6.24. The topological polar surface area (TPSA) is 88.6 Å². The number of benzene rings is 1. The van der Waals surface area contributed by atoms with Gasteiger partial charge < -0.3 is 10.1 Å². The van der Waals surface area contributed by atoms with Gasteiger partial charge >= 0.3 is 0 Å². The van der Waals surface area contributed by atoms with Gasteiger partial charge in [-0.2, -0.15) is 0 Å². The van der Waals surface area contributed by atoms with E-state index in [-0.39, 0.29) is 6.54 Å². The van der Waals surface area contributed by atoms with Crippen LogP contribution in [0.2, 0.25) is 0 Å². The van der Waals surface area contributed by atoms with Crippen molar-refractivity contribution in [1.82, 2.24) is 15.2 Å². The number of nitrogens with one attached hydrogen (secondary N) is 1. The fourth-order valence-electron chi connectivity index (χ4n) is 2.89. The van der Waals surface area contributed by atoms with E-state index in [2.05, 4.69) is 10.3 Å². The molecule has 2 aromatic rings. The van der Waals surface area contributed by atoms with Crippen molar-refractivity contribution in [2.45, 2.75) is 32.9 Å². The zero-order valence-corrected chi connectivity index (χ0v) is 15.3. The molecule has 7 heteroatoms. The summed E-state index contributed by atoms with van der Waals surface area (Å²) in [5.74, 6) is -0.860. The first-order valence-electron chi connectivity index (χ1n) is 8.86. The molecule has 140 valence electrons. The van der Waals surface area contributed by atoms with E-state index in [4.69, 9.17) is 4.74 Å². The summed E-state index contributed by atoms with van der Waals surface area (Å²) in [6, 6.07) is 9.21. The fraction of sp³-hybridized carbons (Fsp3) is 0.300. The number of hydrogen-bond acceptors (Lipinski definition) is 5. The van der Waals surface area contributed by atoms with E-state index >= 15 is 0 Å². The monoisotopic (exact) mass is 367 g/mol. The second-order valence-electron chi connectivity index (χ2n) is 6.24. The molecule has 0 fully saturated rings. The molecule has 1 aliphatic heterocycles. The lowest BCUT2D eigenvalue weighted by molar-refractivity contribution is -0.124. The van der Waals surface area contributed by atoms with Crippen molar-refractivity contribution in [2.75, 3.05) is 6.61 Å². The summed E-state index contributed by atoms with van der Waals surface area (Å²) in [5.41, 5.74) is 1.38. The molecule has 1 aromatic carbocycles. The van der Waals surface area contributed by atoms with Crippen molar-refractivity contribution in [1.29, 1.82) is 0 Å². The number of ether oxygens (including phenoxy) is 1. The third kappa shape index (κ3) is 3.67. The molecule has 0 radical (unpaired) electrons. The molecule has 0 spiro atoms. The molecular weight excluding hydrogens is 346 g/mol. The lowest BCUT2D eigenvalue weighted by atomic mass is 10.1. The van der Waals surface area contributed by atoms with Gasteiger partial charge in [0, 0.05) is 18.3 Å².